The van der Waals surface area contributed by atoms with Crippen molar-refractivity contribution in [3.63, 3.8) is 0 Å². The normalized spacial score (nSPS) is 11.0. The zero-order valence-electron chi connectivity index (χ0n) is 7.64. The molecule has 0 aliphatic rings. The van der Waals surface area contributed by atoms with Gasteiger partial charge in [-0.05, 0) is 0 Å². The molecule has 15 heavy (non-hydrogen) atoms. The Balaban J connectivity index is 2.61. The maximum Gasteiger partial charge on any atom is 0.356 e. The summed E-state index contributed by atoms with van der Waals surface area (Å²) >= 11 is 0. The molecule has 0 atom stereocenters. The smallest absolute Gasteiger partial charge is 0.356 e. The number of carboxylic acids is 1. The number of hydrogen-bond acceptors (Lipinski definition) is 5. The lowest BCUT2D eigenvalue weighted by molar-refractivity contribution is 0.0691. The Morgan fingerprint density at radius 2 is 2.27 bits per heavy atom. The highest BCUT2D eigenvalue weighted by Crippen LogP contribution is 2.17. The summed E-state index contributed by atoms with van der Waals surface area (Å²) < 4.78 is 1.36. The van der Waals surface area contributed by atoms with Gasteiger partial charge in [0.25, 0.3) is 0 Å². The second kappa shape index (κ2) is 3.24. The standard InChI is InChI=1S/C7H9N5O3/c8-4-5(7(14)15)11-12-3(1-2-13)9-10-6(4)12/h11,13H,1-2,8H2,(H,14,15). The summed E-state index contributed by atoms with van der Waals surface area (Å²) in [6.45, 7) is -0.0951. The van der Waals surface area contributed by atoms with Crippen molar-refractivity contribution in [1.82, 2.24) is 19.8 Å². The molecular formula is C7H9N5O3. The number of nitrogens with zero attached hydrogens (tertiary/aromatic N) is 3. The minimum Gasteiger partial charge on any atom is -0.476 e. The second-order valence-electron chi connectivity index (χ2n) is 2.95. The summed E-state index contributed by atoms with van der Waals surface area (Å²) in [5.74, 6) is -0.723. The maximum atomic E-state index is 10.7. The first-order valence-electron chi connectivity index (χ1n) is 4.20. The Kier molecular flexibility index (Phi) is 2.05. The molecule has 2 heterocycles. The third-order valence-electron chi connectivity index (χ3n) is 2.01. The number of aromatic nitrogens is 4. The van der Waals surface area contributed by atoms with Crippen LogP contribution < -0.4 is 5.73 Å². The van der Waals surface area contributed by atoms with Crippen LogP contribution in [-0.2, 0) is 6.42 Å². The molecule has 2 aromatic heterocycles. The van der Waals surface area contributed by atoms with Gasteiger partial charge < -0.3 is 15.9 Å². The van der Waals surface area contributed by atoms with Crippen LogP contribution in [0.5, 0.6) is 0 Å². The number of aromatic amines is 1. The van der Waals surface area contributed by atoms with Crippen LogP contribution in [0.25, 0.3) is 5.65 Å². The monoisotopic (exact) mass is 211 g/mol. The number of aliphatic hydroxyl groups is 1. The molecular weight excluding hydrogens is 202 g/mol. The van der Waals surface area contributed by atoms with Crippen molar-refractivity contribution < 1.29 is 15.0 Å². The van der Waals surface area contributed by atoms with E-state index in [9.17, 15) is 4.79 Å². The Hall–Kier alpha value is -2.09. The molecule has 0 aliphatic carbocycles. The number of nitrogen functional groups attached to an aromatic ring is 1. The van der Waals surface area contributed by atoms with Gasteiger partial charge >= 0.3 is 5.97 Å². The van der Waals surface area contributed by atoms with Crippen LogP contribution in [0.4, 0.5) is 5.69 Å². The van der Waals surface area contributed by atoms with Crippen molar-refractivity contribution >= 4 is 17.3 Å². The lowest BCUT2D eigenvalue weighted by atomic mass is 10.4. The summed E-state index contributed by atoms with van der Waals surface area (Å²) in [7, 11) is 0. The highest BCUT2D eigenvalue weighted by Gasteiger charge is 2.18. The van der Waals surface area contributed by atoms with E-state index in [0.29, 0.717) is 5.82 Å². The SMILES string of the molecule is Nc1c(C(=O)O)[nH]n2c(CCO)nnc12. The predicted molar refractivity (Wildman–Crippen MR) is 49.5 cm³/mol. The number of anilines is 1. The van der Waals surface area contributed by atoms with Crippen molar-refractivity contribution in [2.45, 2.75) is 6.42 Å². The largest absolute Gasteiger partial charge is 0.476 e. The average molecular weight is 211 g/mol. The fraction of sp³-hybridized carbons (Fsp3) is 0.286. The number of H-pyrrole nitrogens is 1. The molecule has 0 fully saturated rings. The van der Waals surface area contributed by atoms with E-state index in [-0.39, 0.29) is 30.1 Å². The molecule has 0 spiro atoms. The average Bonchev–Trinajstić information content (AvgIpc) is 2.69. The quantitative estimate of drug-likeness (QED) is 0.508. The molecule has 0 saturated carbocycles. The third-order valence-corrected chi connectivity index (χ3v) is 2.01. The maximum absolute atomic E-state index is 10.7. The van der Waals surface area contributed by atoms with E-state index in [4.69, 9.17) is 15.9 Å². The van der Waals surface area contributed by atoms with E-state index >= 15 is 0 Å². The fourth-order valence-electron chi connectivity index (χ4n) is 1.32. The van der Waals surface area contributed by atoms with Crippen molar-refractivity contribution in [2.24, 2.45) is 0 Å². The molecule has 2 rings (SSSR count). The molecule has 0 radical (unpaired) electrons. The fourth-order valence-corrected chi connectivity index (χ4v) is 1.32. The lowest BCUT2D eigenvalue weighted by Gasteiger charge is -1.92. The van der Waals surface area contributed by atoms with E-state index in [1.54, 1.807) is 0 Å². The predicted octanol–water partition coefficient (Wildman–Crippen LogP) is -1.13. The number of nitrogens with one attached hydrogen (secondary N) is 1. The van der Waals surface area contributed by atoms with E-state index in [1.807, 2.05) is 0 Å². The van der Waals surface area contributed by atoms with Gasteiger partial charge in [-0.1, -0.05) is 0 Å². The summed E-state index contributed by atoms with van der Waals surface area (Å²) in [5, 5.41) is 27.6. The van der Waals surface area contributed by atoms with Crippen LogP contribution in [-0.4, -0.2) is 42.6 Å². The van der Waals surface area contributed by atoms with Gasteiger partial charge in [-0.2, -0.15) is 0 Å². The van der Waals surface area contributed by atoms with Gasteiger partial charge in [0.05, 0.1) is 6.61 Å². The molecule has 2 aromatic rings. The highest BCUT2D eigenvalue weighted by molar-refractivity contribution is 5.95. The van der Waals surface area contributed by atoms with Gasteiger partial charge in [-0.15, -0.1) is 10.2 Å². The van der Waals surface area contributed by atoms with E-state index in [2.05, 4.69) is 15.3 Å². The topological polar surface area (TPSA) is 130 Å². The number of aliphatic hydroxyl groups excluding tert-OH is 1. The molecule has 0 unspecified atom stereocenters. The van der Waals surface area contributed by atoms with E-state index in [1.165, 1.54) is 4.52 Å². The lowest BCUT2D eigenvalue weighted by Crippen LogP contribution is -2.04. The van der Waals surface area contributed by atoms with E-state index in [0.717, 1.165) is 0 Å². The Morgan fingerprint density at radius 1 is 1.53 bits per heavy atom. The molecule has 0 saturated heterocycles. The number of carboxylic acid groups (broad SMARTS) is 1. The zero-order valence-corrected chi connectivity index (χ0v) is 7.64. The number of fused-ring (bicyclic) bond motifs is 1. The first-order chi connectivity index (χ1) is 7.15. The minimum atomic E-state index is -1.16. The van der Waals surface area contributed by atoms with Crippen molar-refractivity contribution in [1.29, 1.82) is 0 Å². The van der Waals surface area contributed by atoms with Crippen LogP contribution >= 0.6 is 0 Å². The summed E-state index contributed by atoms with van der Waals surface area (Å²) in [4.78, 5) is 10.7. The molecule has 8 heteroatoms. The second-order valence-corrected chi connectivity index (χ2v) is 2.95. The highest BCUT2D eigenvalue weighted by atomic mass is 16.4. The Morgan fingerprint density at radius 3 is 2.87 bits per heavy atom. The Bertz CT molecular complexity index is 514. The van der Waals surface area contributed by atoms with Gasteiger partial charge in [0.1, 0.15) is 5.69 Å². The van der Waals surface area contributed by atoms with Gasteiger partial charge in [0.2, 0.25) is 5.65 Å². The number of carbonyl (C=O) groups is 1. The third kappa shape index (κ3) is 1.31. The van der Waals surface area contributed by atoms with Gasteiger partial charge in [0, 0.05) is 6.42 Å². The van der Waals surface area contributed by atoms with Crippen LogP contribution in [0, 0.1) is 0 Å². The summed E-state index contributed by atoms with van der Waals surface area (Å²) in [6, 6.07) is 0. The first-order valence-corrected chi connectivity index (χ1v) is 4.20. The minimum absolute atomic E-state index is 0.0409. The van der Waals surface area contributed by atoms with Crippen molar-refractivity contribution in [2.75, 3.05) is 12.3 Å². The van der Waals surface area contributed by atoms with Crippen LogP contribution in [0.3, 0.4) is 0 Å². The van der Waals surface area contributed by atoms with Gasteiger partial charge in [0.15, 0.2) is 11.5 Å². The number of rotatable bonds is 3. The number of aromatic carboxylic acids is 1. The summed E-state index contributed by atoms with van der Waals surface area (Å²) in [5.41, 5.74) is 5.73. The molecule has 0 aliphatic heterocycles. The van der Waals surface area contributed by atoms with Crippen molar-refractivity contribution in [3.8, 4) is 0 Å². The van der Waals surface area contributed by atoms with Crippen molar-refractivity contribution in [3.05, 3.63) is 11.5 Å². The zero-order chi connectivity index (χ0) is 11.0. The van der Waals surface area contributed by atoms with Crippen LogP contribution in [0.1, 0.15) is 16.3 Å². The number of nitrogens with two attached hydrogens (primary N) is 1. The van der Waals surface area contributed by atoms with Crippen LogP contribution in [0.15, 0.2) is 0 Å². The molecule has 0 bridgehead atoms. The van der Waals surface area contributed by atoms with E-state index < -0.39 is 5.97 Å². The molecule has 5 N–H and O–H groups in total. The molecule has 0 aromatic carbocycles. The number of hydrogen-bond donors (Lipinski definition) is 4. The Labute approximate surface area is 83.3 Å². The van der Waals surface area contributed by atoms with Gasteiger partial charge in [-0.25, -0.2) is 9.31 Å². The van der Waals surface area contributed by atoms with Crippen LogP contribution in [0.2, 0.25) is 0 Å². The molecule has 80 valence electrons. The first kappa shape index (κ1) is 9.46. The molecule has 8 nitrogen and oxygen atoms in total. The summed E-state index contributed by atoms with van der Waals surface area (Å²) in [6.07, 6.45) is 0.278. The molecule has 0 amide bonds. The van der Waals surface area contributed by atoms with Gasteiger partial charge in [-0.3, -0.25) is 5.10 Å².